The van der Waals surface area contributed by atoms with Crippen LogP contribution >= 0.6 is 11.6 Å². The molecule has 4 rings (SSSR count). The summed E-state index contributed by atoms with van der Waals surface area (Å²) in [4.78, 5) is 6.60. The first kappa shape index (κ1) is 18.0. The van der Waals surface area contributed by atoms with Gasteiger partial charge in [-0.15, -0.1) is 0 Å². The third kappa shape index (κ3) is 3.98. The molecule has 0 spiro atoms. The Labute approximate surface area is 164 Å². The average molecular weight is 383 g/mol. The number of rotatable bonds is 5. The fourth-order valence-corrected chi connectivity index (χ4v) is 3.50. The molecule has 1 aliphatic heterocycles. The van der Waals surface area contributed by atoms with E-state index in [0.717, 1.165) is 65.9 Å². The first-order chi connectivity index (χ1) is 13.2. The lowest BCUT2D eigenvalue weighted by molar-refractivity contribution is 0.158. The van der Waals surface area contributed by atoms with E-state index in [1.54, 1.807) is 12.4 Å². The van der Waals surface area contributed by atoms with Gasteiger partial charge in [0.1, 0.15) is 0 Å². The minimum absolute atomic E-state index is 0.718. The Kier molecular flexibility index (Phi) is 5.38. The van der Waals surface area contributed by atoms with Crippen LogP contribution in [0.15, 0.2) is 48.8 Å². The molecular weight excluding hydrogens is 360 g/mol. The van der Waals surface area contributed by atoms with Gasteiger partial charge < -0.3 is 10.3 Å². The number of benzene rings is 1. The van der Waals surface area contributed by atoms with Crippen molar-refractivity contribution in [3.8, 4) is 22.4 Å². The summed E-state index contributed by atoms with van der Waals surface area (Å²) in [6, 6.07) is 11.8. The van der Waals surface area contributed by atoms with Crippen molar-refractivity contribution in [2.45, 2.75) is 6.92 Å². The van der Waals surface area contributed by atoms with Crippen molar-refractivity contribution in [1.82, 2.24) is 25.1 Å². The number of likely N-dealkylation sites (N-methyl/N-ethyl adjacent to an activating group) is 1. The lowest BCUT2D eigenvalue weighted by atomic mass is 10.0. The number of nitrogens with zero attached hydrogens (tertiary/aromatic N) is 4. The van der Waals surface area contributed by atoms with Gasteiger partial charge in [0.25, 0.3) is 0 Å². The second-order valence-corrected chi connectivity index (χ2v) is 7.03. The predicted octanol–water partition coefficient (Wildman–Crippen LogP) is 3.76. The van der Waals surface area contributed by atoms with E-state index >= 15 is 0 Å². The fraction of sp³-hybridized carbons (Fsp3) is 0.300. The minimum atomic E-state index is 0.718. The highest BCUT2D eigenvalue weighted by molar-refractivity contribution is 6.30. The molecule has 0 aliphatic carbocycles. The quantitative estimate of drug-likeness (QED) is 0.703. The number of pyridine rings is 1. The van der Waals surface area contributed by atoms with Crippen molar-refractivity contribution in [2.75, 3.05) is 38.1 Å². The summed E-state index contributed by atoms with van der Waals surface area (Å²) in [6.07, 6.45) is 3.61. The first-order valence-corrected chi connectivity index (χ1v) is 9.61. The van der Waals surface area contributed by atoms with Gasteiger partial charge in [-0.2, -0.15) is 5.10 Å². The number of hydrazine groups is 1. The number of nitrogens with one attached hydrogen (secondary N) is 2. The number of hydrogen-bond donors (Lipinski definition) is 2. The molecule has 3 heterocycles. The van der Waals surface area contributed by atoms with Crippen LogP contribution < -0.4 is 5.43 Å². The van der Waals surface area contributed by atoms with Gasteiger partial charge in [-0.1, -0.05) is 30.7 Å². The number of aromatic nitrogens is 3. The number of halogens is 1. The molecule has 140 valence electrons. The third-order valence-corrected chi connectivity index (χ3v) is 5.20. The molecule has 3 aromatic rings. The zero-order valence-corrected chi connectivity index (χ0v) is 16.1. The highest BCUT2D eigenvalue weighted by Gasteiger charge is 2.21. The molecule has 0 unspecified atom stereocenters. The largest absolute Gasteiger partial charge is 0.301 e. The van der Waals surface area contributed by atoms with Crippen molar-refractivity contribution in [2.24, 2.45) is 0 Å². The van der Waals surface area contributed by atoms with Crippen LogP contribution in [0.1, 0.15) is 6.92 Å². The predicted molar refractivity (Wildman–Crippen MR) is 110 cm³/mol. The van der Waals surface area contributed by atoms with Crippen LogP contribution in [0.5, 0.6) is 0 Å². The molecule has 1 fully saturated rings. The van der Waals surface area contributed by atoms with Crippen molar-refractivity contribution in [3.05, 3.63) is 53.8 Å². The summed E-state index contributed by atoms with van der Waals surface area (Å²) >= 11 is 6.06. The molecule has 0 saturated carbocycles. The van der Waals surface area contributed by atoms with E-state index in [-0.39, 0.29) is 0 Å². The maximum Gasteiger partial charge on any atom is 0.170 e. The highest BCUT2D eigenvalue weighted by Crippen LogP contribution is 2.36. The second kappa shape index (κ2) is 8.08. The average Bonchev–Trinajstić information content (AvgIpc) is 3.13. The van der Waals surface area contributed by atoms with Crippen molar-refractivity contribution in [3.63, 3.8) is 0 Å². The van der Waals surface area contributed by atoms with Crippen LogP contribution in [0.3, 0.4) is 0 Å². The number of piperazine rings is 1. The van der Waals surface area contributed by atoms with Crippen LogP contribution in [0.4, 0.5) is 5.82 Å². The van der Waals surface area contributed by atoms with E-state index < -0.39 is 0 Å². The molecule has 1 saturated heterocycles. The van der Waals surface area contributed by atoms with Gasteiger partial charge >= 0.3 is 0 Å². The van der Waals surface area contributed by atoms with Gasteiger partial charge in [0, 0.05) is 49.2 Å². The first-order valence-electron chi connectivity index (χ1n) is 9.23. The number of hydrogen-bond acceptors (Lipinski definition) is 5. The van der Waals surface area contributed by atoms with Gasteiger partial charge in [-0.25, -0.2) is 5.01 Å². The fourth-order valence-electron chi connectivity index (χ4n) is 3.37. The van der Waals surface area contributed by atoms with E-state index in [9.17, 15) is 0 Å². The summed E-state index contributed by atoms with van der Waals surface area (Å²) in [5, 5.41) is 10.7. The highest BCUT2D eigenvalue weighted by atomic mass is 35.5. The van der Waals surface area contributed by atoms with Crippen LogP contribution in [-0.2, 0) is 0 Å². The zero-order chi connectivity index (χ0) is 18.6. The van der Waals surface area contributed by atoms with Crippen molar-refractivity contribution >= 4 is 17.4 Å². The summed E-state index contributed by atoms with van der Waals surface area (Å²) < 4.78 is 0. The molecule has 2 N–H and O–H groups in total. The SMILES string of the molecule is CCN1CCN(Nc2n[nH]c(-c3ccc(Cl)cc3)c2-c2ccncc2)CC1. The van der Waals surface area contributed by atoms with Crippen LogP contribution in [-0.4, -0.2) is 57.8 Å². The van der Waals surface area contributed by atoms with Crippen molar-refractivity contribution < 1.29 is 0 Å². The molecule has 27 heavy (non-hydrogen) atoms. The molecule has 0 amide bonds. The van der Waals surface area contributed by atoms with Gasteiger partial charge in [0.15, 0.2) is 5.82 Å². The Bertz CT molecular complexity index is 869. The second-order valence-electron chi connectivity index (χ2n) is 6.60. The molecule has 0 bridgehead atoms. The Morgan fingerprint density at radius 3 is 2.37 bits per heavy atom. The summed E-state index contributed by atoms with van der Waals surface area (Å²) in [7, 11) is 0. The molecule has 1 aliphatic rings. The van der Waals surface area contributed by atoms with Gasteiger partial charge in [-0.3, -0.25) is 10.1 Å². The maximum absolute atomic E-state index is 6.06. The van der Waals surface area contributed by atoms with Gasteiger partial charge in [0.2, 0.25) is 0 Å². The molecule has 1 aromatic carbocycles. The summed E-state index contributed by atoms with van der Waals surface area (Å²) in [5.74, 6) is 0.830. The smallest absolute Gasteiger partial charge is 0.170 e. The van der Waals surface area contributed by atoms with E-state index in [0.29, 0.717) is 0 Å². The number of anilines is 1. The topological polar surface area (TPSA) is 60.1 Å². The van der Waals surface area contributed by atoms with E-state index in [1.165, 1.54) is 0 Å². The normalized spacial score (nSPS) is 15.8. The van der Waals surface area contributed by atoms with Gasteiger partial charge in [0.05, 0.1) is 11.3 Å². The zero-order valence-electron chi connectivity index (χ0n) is 15.3. The lowest BCUT2D eigenvalue weighted by Crippen LogP contribution is -2.48. The van der Waals surface area contributed by atoms with Crippen LogP contribution in [0.25, 0.3) is 22.4 Å². The summed E-state index contributed by atoms with van der Waals surface area (Å²) in [6.45, 7) is 7.35. The molecule has 6 nitrogen and oxygen atoms in total. The number of aromatic amines is 1. The molecule has 0 radical (unpaired) electrons. The Morgan fingerprint density at radius 2 is 1.70 bits per heavy atom. The Morgan fingerprint density at radius 1 is 1.00 bits per heavy atom. The van der Waals surface area contributed by atoms with Crippen LogP contribution in [0, 0.1) is 0 Å². The third-order valence-electron chi connectivity index (χ3n) is 4.95. The Hall–Kier alpha value is -2.41. The number of H-pyrrole nitrogens is 1. The molecule has 2 aromatic heterocycles. The maximum atomic E-state index is 6.06. The molecular formula is C20H23ClN6. The van der Waals surface area contributed by atoms with E-state index in [1.807, 2.05) is 36.4 Å². The molecule has 0 atom stereocenters. The van der Waals surface area contributed by atoms with Gasteiger partial charge in [-0.05, 0) is 36.4 Å². The summed E-state index contributed by atoms with van der Waals surface area (Å²) in [5.41, 5.74) is 7.63. The Balaban J connectivity index is 1.67. The molecule has 7 heteroatoms. The van der Waals surface area contributed by atoms with Crippen molar-refractivity contribution in [1.29, 1.82) is 0 Å². The lowest BCUT2D eigenvalue weighted by Gasteiger charge is -2.34. The van der Waals surface area contributed by atoms with Crippen LogP contribution in [0.2, 0.25) is 5.02 Å². The minimum Gasteiger partial charge on any atom is -0.301 e. The van der Waals surface area contributed by atoms with E-state index in [4.69, 9.17) is 11.6 Å². The monoisotopic (exact) mass is 382 g/mol. The standard InChI is InChI=1S/C20H23ClN6/c1-2-26-11-13-27(14-12-26)25-20-18(15-7-9-22-10-8-15)19(23-24-20)16-3-5-17(21)6-4-16/h3-10H,2,11-14H2,1H3,(H2,23,24,25). The van der Waals surface area contributed by atoms with E-state index in [2.05, 4.69) is 37.4 Å².